The van der Waals surface area contributed by atoms with Crippen LogP contribution >= 0.6 is 0 Å². The Morgan fingerprint density at radius 2 is 1.90 bits per heavy atom. The van der Waals surface area contributed by atoms with Crippen LogP contribution in [-0.4, -0.2) is 35.1 Å². The van der Waals surface area contributed by atoms with Gasteiger partial charge in [0.2, 0.25) is 0 Å². The third-order valence-electron chi connectivity index (χ3n) is 3.04. The van der Waals surface area contributed by atoms with E-state index >= 15 is 0 Å². The Hall–Kier alpha value is -2.43. The SMILES string of the molecule is CCc1ccc(-c2ncc(C(=O)O)c(N(C)C)n2)cc1. The smallest absolute Gasteiger partial charge is 0.341 e. The van der Waals surface area contributed by atoms with Gasteiger partial charge in [0.25, 0.3) is 0 Å². The molecule has 0 bridgehead atoms. The zero-order chi connectivity index (χ0) is 14.7. The van der Waals surface area contributed by atoms with Gasteiger partial charge >= 0.3 is 5.97 Å². The number of aromatic nitrogens is 2. The minimum absolute atomic E-state index is 0.101. The Morgan fingerprint density at radius 3 is 2.40 bits per heavy atom. The number of hydrogen-bond acceptors (Lipinski definition) is 4. The monoisotopic (exact) mass is 271 g/mol. The molecule has 0 aliphatic rings. The predicted molar refractivity (Wildman–Crippen MR) is 78.1 cm³/mol. The number of anilines is 1. The number of carboxylic acids is 1. The van der Waals surface area contributed by atoms with E-state index in [1.165, 1.54) is 11.8 Å². The molecular weight excluding hydrogens is 254 g/mol. The van der Waals surface area contributed by atoms with Gasteiger partial charge < -0.3 is 10.0 Å². The fourth-order valence-corrected chi connectivity index (χ4v) is 1.89. The van der Waals surface area contributed by atoms with E-state index in [9.17, 15) is 4.79 Å². The van der Waals surface area contributed by atoms with Gasteiger partial charge in [-0.05, 0) is 12.0 Å². The number of aryl methyl sites for hydroxylation is 1. The first kappa shape index (κ1) is 14.0. The number of carbonyl (C=O) groups is 1. The Kier molecular flexibility index (Phi) is 3.98. The highest BCUT2D eigenvalue weighted by molar-refractivity contribution is 5.93. The summed E-state index contributed by atoms with van der Waals surface area (Å²) in [5.74, 6) is -0.0926. The van der Waals surface area contributed by atoms with Crippen LogP contribution in [0.15, 0.2) is 30.5 Å². The summed E-state index contributed by atoms with van der Waals surface area (Å²) in [7, 11) is 3.53. The third kappa shape index (κ3) is 2.77. The number of aromatic carboxylic acids is 1. The van der Waals surface area contributed by atoms with E-state index < -0.39 is 5.97 Å². The van der Waals surface area contributed by atoms with Crippen LogP contribution in [0.1, 0.15) is 22.8 Å². The van der Waals surface area contributed by atoms with Gasteiger partial charge in [0.05, 0.1) is 0 Å². The van der Waals surface area contributed by atoms with Crippen molar-refractivity contribution in [2.75, 3.05) is 19.0 Å². The van der Waals surface area contributed by atoms with Gasteiger partial charge in [-0.3, -0.25) is 0 Å². The van der Waals surface area contributed by atoms with E-state index in [0.717, 1.165) is 12.0 Å². The van der Waals surface area contributed by atoms with Crippen LogP contribution in [0, 0.1) is 0 Å². The molecule has 0 saturated heterocycles. The largest absolute Gasteiger partial charge is 0.477 e. The van der Waals surface area contributed by atoms with Gasteiger partial charge in [-0.2, -0.15) is 0 Å². The summed E-state index contributed by atoms with van der Waals surface area (Å²) in [4.78, 5) is 21.3. The Labute approximate surface area is 117 Å². The Morgan fingerprint density at radius 1 is 1.25 bits per heavy atom. The zero-order valence-corrected chi connectivity index (χ0v) is 11.8. The van der Waals surface area contributed by atoms with Gasteiger partial charge in [-0.1, -0.05) is 31.2 Å². The topological polar surface area (TPSA) is 66.3 Å². The molecule has 0 radical (unpaired) electrons. The molecule has 2 rings (SSSR count). The molecule has 20 heavy (non-hydrogen) atoms. The van der Waals surface area contributed by atoms with Crippen molar-refractivity contribution in [3.05, 3.63) is 41.6 Å². The standard InChI is InChI=1S/C15H17N3O2/c1-4-10-5-7-11(8-6-10)13-16-9-12(15(19)20)14(17-13)18(2)3/h5-9H,4H2,1-3H3,(H,19,20). The summed E-state index contributed by atoms with van der Waals surface area (Å²) >= 11 is 0. The summed E-state index contributed by atoms with van der Waals surface area (Å²) in [5.41, 5.74) is 2.22. The maximum Gasteiger partial charge on any atom is 0.341 e. The molecule has 0 saturated carbocycles. The van der Waals surface area contributed by atoms with E-state index in [0.29, 0.717) is 11.6 Å². The Bertz CT molecular complexity index is 622. The summed E-state index contributed by atoms with van der Waals surface area (Å²) < 4.78 is 0. The normalized spacial score (nSPS) is 10.3. The third-order valence-corrected chi connectivity index (χ3v) is 3.04. The molecule has 0 aliphatic heterocycles. The molecule has 1 aromatic carbocycles. The van der Waals surface area contributed by atoms with Crippen molar-refractivity contribution in [1.29, 1.82) is 0 Å². The van der Waals surface area contributed by atoms with Crippen molar-refractivity contribution in [3.63, 3.8) is 0 Å². The molecule has 0 spiro atoms. The lowest BCUT2D eigenvalue weighted by molar-refractivity contribution is 0.0697. The van der Waals surface area contributed by atoms with E-state index in [4.69, 9.17) is 5.11 Å². The van der Waals surface area contributed by atoms with Gasteiger partial charge in [-0.15, -0.1) is 0 Å². The molecule has 0 unspecified atom stereocenters. The number of rotatable bonds is 4. The first-order valence-electron chi connectivity index (χ1n) is 6.40. The Balaban J connectivity index is 2.47. The lowest BCUT2D eigenvalue weighted by atomic mass is 10.1. The molecule has 5 heteroatoms. The highest BCUT2D eigenvalue weighted by Gasteiger charge is 2.15. The molecule has 0 atom stereocenters. The number of benzene rings is 1. The van der Waals surface area contributed by atoms with E-state index in [2.05, 4.69) is 16.9 Å². The second kappa shape index (κ2) is 5.69. The molecule has 104 valence electrons. The highest BCUT2D eigenvalue weighted by Crippen LogP contribution is 2.21. The maximum atomic E-state index is 11.2. The molecule has 0 fully saturated rings. The predicted octanol–water partition coefficient (Wildman–Crippen LogP) is 2.47. The molecule has 1 heterocycles. The van der Waals surface area contributed by atoms with Crippen molar-refractivity contribution >= 4 is 11.8 Å². The van der Waals surface area contributed by atoms with Crippen LogP contribution in [0.25, 0.3) is 11.4 Å². The van der Waals surface area contributed by atoms with Crippen molar-refractivity contribution in [2.24, 2.45) is 0 Å². The van der Waals surface area contributed by atoms with Gasteiger partial charge in [0.1, 0.15) is 11.4 Å². The lowest BCUT2D eigenvalue weighted by Crippen LogP contribution is -2.16. The van der Waals surface area contributed by atoms with Crippen molar-refractivity contribution in [2.45, 2.75) is 13.3 Å². The van der Waals surface area contributed by atoms with Crippen LogP contribution in [-0.2, 0) is 6.42 Å². The average molecular weight is 271 g/mol. The van der Waals surface area contributed by atoms with Crippen LogP contribution in [0.3, 0.4) is 0 Å². The van der Waals surface area contributed by atoms with E-state index in [-0.39, 0.29) is 5.56 Å². The number of carboxylic acid groups (broad SMARTS) is 1. The molecule has 0 amide bonds. The molecule has 0 aliphatic carbocycles. The first-order valence-corrected chi connectivity index (χ1v) is 6.40. The minimum Gasteiger partial charge on any atom is -0.477 e. The molecule has 5 nitrogen and oxygen atoms in total. The second-order valence-electron chi connectivity index (χ2n) is 4.68. The number of nitrogens with zero attached hydrogens (tertiary/aromatic N) is 3. The molecule has 1 N–H and O–H groups in total. The number of hydrogen-bond donors (Lipinski definition) is 1. The van der Waals surface area contributed by atoms with E-state index in [1.54, 1.807) is 19.0 Å². The lowest BCUT2D eigenvalue weighted by Gasteiger charge is -2.14. The van der Waals surface area contributed by atoms with Gasteiger partial charge in [-0.25, -0.2) is 14.8 Å². The van der Waals surface area contributed by atoms with Crippen molar-refractivity contribution in [3.8, 4) is 11.4 Å². The summed E-state index contributed by atoms with van der Waals surface area (Å²) in [6.07, 6.45) is 2.33. The molecule has 1 aromatic heterocycles. The van der Waals surface area contributed by atoms with Crippen LogP contribution in [0.2, 0.25) is 0 Å². The van der Waals surface area contributed by atoms with Crippen molar-refractivity contribution < 1.29 is 9.90 Å². The van der Waals surface area contributed by atoms with Crippen LogP contribution < -0.4 is 4.90 Å². The second-order valence-corrected chi connectivity index (χ2v) is 4.68. The zero-order valence-electron chi connectivity index (χ0n) is 11.8. The maximum absolute atomic E-state index is 11.2. The quantitative estimate of drug-likeness (QED) is 0.925. The fourth-order valence-electron chi connectivity index (χ4n) is 1.89. The van der Waals surface area contributed by atoms with Crippen LogP contribution in [0.5, 0.6) is 0 Å². The summed E-state index contributed by atoms with van der Waals surface area (Å²) in [6.45, 7) is 2.09. The van der Waals surface area contributed by atoms with E-state index in [1.807, 2.05) is 24.3 Å². The van der Waals surface area contributed by atoms with Crippen LogP contribution in [0.4, 0.5) is 5.82 Å². The van der Waals surface area contributed by atoms with Gasteiger partial charge in [0.15, 0.2) is 5.82 Å². The van der Waals surface area contributed by atoms with Gasteiger partial charge in [0, 0.05) is 25.9 Å². The minimum atomic E-state index is -1.03. The van der Waals surface area contributed by atoms with Crippen molar-refractivity contribution in [1.82, 2.24) is 9.97 Å². The first-order chi connectivity index (χ1) is 9.52. The summed E-state index contributed by atoms with van der Waals surface area (Å²) in [5, 5.41) is 9.14. The molecular formula is C15H17N3O2. The fraction of sp³-hybridized carbons (Fsp3) is 0.267. The molecule has 2 aromatic rings. The highest BCUT2D eigenvalue weighted by atomic mass is 16.4. The summed E-state index contributed by atoms with van der Waals surface area (Å²) in [6, 6.07) is 7.96. The average Bonchev–Trinajstić information content (AvgIpc) is 2.46.